The van der Waals surface area contributed by atoms with E-state index >= 15 is 0 Å². The topological polar surface area (TPSA) is 64.6 Å². The van der Waals surface area contributed by atoms with Gasteiger partial charge in [0, 0.05) is 11.1 Å². The van der Waals surface area contributed by atoms with Gasteiger partial charge in [0.25, 0.3) is 0 Å². The first-order valence-electron chi connectivity index (χ1n) is 8.19. The lowest BCUT2D eigenvalue weighted by Gasteiger charge is -2.29. The van der Waals surface area contributed by atoms with Crippen LogP contribution in [0.15, 0.2) is 24.3 Å². The zero-order valence-electron chi connectivity index (χ0n) is 14.3. The van der Waals surface area contributed by atoms with Crippen molar-refractivity contribution in [2.75, 3.05) is 0 Å². The van der Waals surface area contributed by atoms with E-state index in [1.165, 1.54) is 0 Å². The number of carbonyl (C=O) groups is 2. The Morgan fingerprint density at radius 3 is 2.21 bits per heavy atom. The Morgan fingerprint density at radius 1 is 1.08 bits per heavy atom. The predicted octanol–water partition coefficient (Wildman–Crippen LogP) is 4.33. The third-order valence-electron chi connectivity index (χ3n) is 3.75. The Bertz CT molecular complexity index is 572. The molecule has 0 aliphatic heterocycles. The number of amides is 1. The number of hydrogen-bond acceptors (Lipinski definition) is 4. The number of halogens is 1. The molecule has 1 amide bonds. The second-order valence-corrected chi connectivity index (χ2v) is 7.47. The van der Waals surface area contributed by atoms with E-state index in [0.717, 1.165) is 25.7 Å². The number of rotatable bonds is 3. The van der Waals surface area contributed by atoms with E-state index in [1.54, 1.807) is 24.3 Å². The molecule has 0 spiro atoms. The van der Waals surface area contributed by atoms with Gasteiger partial charge in [0.15, 0.2) is 0 Å². The minimum Gasteiger partial charge on any atom is -0.459 e. The SMILES string of the molecule is CC(C)(C)OC(=O)NC1CCC(OC(=O)c2ccc(Cl)cc2)CC1. The standard InChI is InChI=1S/C18H24ClNO4/c1-18(2,3)24-17(22)20-14-8-10-15(11-9-14)23-16(21)12-4-6-13(19)7-5-12/h4-7,14-15H,8-11H2,1-3H3,(H,20,22). The van der Waals surface area contributed by atoms with Crippen molar-refractivity contribution in [2.24, 2.45) is 0 Å². The molecule has 1 aliphatic carbocycles. The van der Waals surface area contributed by atoms with Crippen molar-refractivity contribution >= 4 is 23.7 Å². The number of nitrogens with one attached hydrogen (secondary N) is 1. The molecule has 0 radical (unpaired) electrons. The maximum absolute atomic E-state index is 12.1. The van der Waals surface area contributed by atoms with Gasteiger partial charge in [-0.25, -0.2) is 9.59 Å². The normalized spacial score (nSPS) is 21.0. The average Bonchev–Trinajstić information content (AvgIpc) is 2.48. The molecule has 1 aromatic rings. The summed E-state index contributed by atoms with van der Waals surface area (Å²) < 4.78 is 10.8. The first-order valence-corrected chi connectivity index (χ1v) is 8.57. The summed E-state index contributed by atoms with van der Waals surface area (Å²) in [4.78, 5) is 23.9. The molecule has 0 bridgehead atoms. The van der Waals surface area contributed by atoms with Crippen molar-refractivity contribution in [2.45, 2.75) is 64.2 Å². The quantitative estimate of drug-likeness (QED) is 0.821. The van der Waals surface area contributed by atoms with Gasteiger partial charge in [-0.3, -0.25) is 0 Å². The lowest BCUT2D eigenvalue weighted by molar-refractivity contribution is 0.0162. The average molecular weight is 354 g/mol. The molecule has 1 saturated carbocycles. The summed E-state index contributed by atoms with van der Waals surface area (Å²) in [5, 5.41) is 3.45. The zero-order valence-corrected chi connectivity index (χ0v) is 15.1. The summed E-state index contributed by atoms with van der Waals surface area (Å²) in [5.74, 6) is -0.338. The first kappa shape index (κ1) is 18.6. The van der Waals surface area contributed by atoms with Crippen LogP contribution < -0.4 is 5.32 Å². The summed E-state index contributed by atoms with van der Waals surface area (Å²) in [6, 6.07) is 6.70. The molecule has 0 saturated heterocycles. The van der Waals surface area contributed by atoms with Gasteiger partial charge in [0.05, 0.1) is 5.56 Å². The molecule has 0 atom stereocenters. The van der Waals surface area contributed by atoms with Gasteiger partial charge in [-0.05, 0) is 70.7 Å². The van der Waals surface area contributed by atoms with Crippen LogP contribution in [0.4, 0.5) is 4.79 Å². The van der Waals surface area contributed by atoms with Gasteiger partial charge in [0.1, 0.15) is 11.7 Å². The second kappa shape index (κ2) is 7.88. The molecule has 5 nitrogen and oxygen atoms in total. The Hall–Kier alpha value is -1.75. The van der Waals surface area contributed by atoms with Crippen LogP contribution in [0.1, 0.15) is 56.8 Å². The summed E-state index contributed by atoms with van der Waals surface area (Å²) in [6.07, 6.45) is 2.45. The lowest BCUT2D eigenvalue weighted by atomic mass is 9.93. The molecule has 1 aliphatic rings. The lowest BCUT2D eigenvalue weighted by Crippen LogP contribution is -2.42. The molecule has 0 heterocycles. The van der Waals surface area contributed by atoms with Crippen molar-refractivity contribution in [3.05, 3.63) is 34.9 Å². The highest BCUT2D eigenvalue weighted by Crippen LogP contribution is 2.23. The number of carbonyl (C=O) groups excluding carboxylic acids is 2. The maximum Gasteiger partial charge on any atom is 0.407 e. The second-order valence-electron chi connectivity index (χ2n) is 7.03. The molecular formula is C18H24ClNO4. The number of benzene rings is 1. The Labute approximate surface area is 147 Å². The number of hydrogen-bond donors (Lipinski definition) is 1. The molecule has 24 heavy (non-hydrogen) atoms. The van der Waals surface area contributed by atoms with Crippen LogP contribution in [0.2, 0.25) is 5.02 Å². The van der Waals surface area contributed by atoms with E-state index in [0.29, 0.717) is 10.6 Å². The molecule has 2 rings (SSSR count). The van der Waals surface area contributed by atoms with Crippen molar-refractivity contribution in [1.29, 1.82) is 0 Å². The van der Waals surface area contributed by atoms with Gasteiger partial charge < -0.3 is 14.8 Å². The van der Waals surface area contributed by atoms with Crippen molar-refractivity contribution in [3.8, 4) is 0 Å². The molecule has 0 unspecified atom stereocenters. The number of ether oxygens (including phenoxy) is 2. The van der Waals surface area contributed by atoms with Crippen LogP contribution in [0.3, 0.4) is 0 Å². The highest BCUT2D eigenvalue weighted by molar-refractivity contribution is 6.30. The van der Waals surface area contributed by atoms with E-state index in [2.05, 4.69) is 5.32 Å². The third-order valence-corrected chi connectivity index (χ3v) is 4.00. The third kappa shape index (κ3) is 6.04. The van der Waals surface area contributed by atoms with Crippen LogP contribution in [0.25, 0.3) is 0 Å². The molecule has 132 valence electrons. The smallest absolute Gasteiger partial charge is 0.407 e. The predicted molar refractivity (Wildman–Crippen MR) is 92.3 cm³/mol. The molecule has 6 heteroatoms. The Kier molecular flexibility index (Phi) is 6.10. The fraction of sp³-hybridized carbons (Fsp3) is 0.556. The van der Waals surface area contributed by atoms with Crippen LogP contribution in [0.5, 0.6) is 0 Å². The molecule has 1 N–H and O–H groups in total. The Balaban J connectivity index is 1.75. The number of alkyl carbamates (subject to hydrolysis) is 1. The molecule has 1 aromatic carbocycles. The van der Waals surface area contributed by atoms with E-state index < -0.39 is 11.7 Å². The van der Waals surface area contributed by atoms with Crippen molar-refractivity contribution in [3.63, 3.8) is 0 Å². The summed E-state index contributed by atoms with van der Waals surface area (Å²) in [5.41, 5.74) is -0.0107. The summed E-state index contributed by atoms with van der Waals surface area (Å²) in [7, 11) is 0. The van der Waals surface area contributed by atoms with Gasteiger partial charge >= 0.3 is 12.1 Å². The van der Waals surface area contributed by atoms with Crippen LogP contribution >= 0.6 is 11.6 Å². The molecule has 1 fully saturated rings. The fourth-order valence-corrected chi connectivity index (χ4v) is 2.73. The van der Waals surface area contributed by atoms with Crippen LogP contribution in [-0.4, -0.2) is 29.8 Å². The maximum atomic E-state index is 12.1. The summed E-state index contributed by atoms with van der Waals surface area (Å²) in [6.45, 7) is 5.50. The minimum absolute atomic E-state index is 0.0605. The zero-order chi connectivity index (χ0) is 17.7. The largest absolute Gasteiger partial charge is 0.459 e. The minimum atomic E-state index is -0.505. The number of esters is 1. The van der Waals surface area contributed by atoms with Crippen molar-refractivity contribution in [1.82, 2.24) is 5.32 Å². The molecular weight excluding hydrogens is 330 g/mol. The monoisotopic (exact) mass is 353 g/mol. The van der Waals surface area contributed by atoms with E-state index in [4.69, 9.17) is 21.1 Å². The Morgan fingerprint density at radius 2 is 1.67 bits per heavy atom. The van der Waals surface area contributed by atoms with Gasteiger partial charge in [-0.1, -0.05) is 11.6 Å². The van der Waals surface area contributed by atoms with Gasteiger partial charge in [-0.2, -0.15) is 0 Å². The summed E-state index contributed by atoms with van der Waals surface area (Å²) >= 11 is 5.81. The van der Waals surface area contributed by atoms with Gasteiger partial charge in [-0.15, -0.1) is 0 Å². The van der Waals surface area contributed by atoms with Crippen molar-refractivity contribution < 1.29 is 19.1 Å². The highest BCUT2D eigenvalue weighted by Gasteiger charge is 2.26. The first-order chi connectivity index (χ1) is 11.2. The molecule has 0 aromatic heterocycles. The van der Waals surface area contributed by atoms with E-state index in [1.807, 2.05) is 20.8 Å². The van der Waals surface area contributed by atoms with E-state index in [9.17, 15) is 9.59 Å². The van der Waals surface area contributed by atoms with Gasteiger partial charge in [0.2, 0.25) is 0 Å². The van der Waals surface area contributed by atoms with Crippen LogP contribution in [-0.2, 0) is 9.47 Å². The highest BCUT2D eigenvalue weighted by atomic mass is 35.5. The van der Waals surface area contributed by atoms with Crippen LogP contribution in [0, 0.1) is 0 Å². The fourth-order valence-electron chi connectivity index (χ4n) is 2.60. The van der Waals surface area contributed by atoms with E-state index in [-0.39, 0.29) is 18.1 Å².